The van der Waals surface area contributed by atoms with Gasteiger partial charge in [-0.2, -0.15) is 0 Å². The van der Waals surface area contributed by atoms with E-state index in [1.165, 1.54) is 34.2 Å². The number of aryl methyl sites for hydroxylation is 1. The van der Waals surface area contributed by atoms with E-state index in [9.17, 15) is 0 Å². The minimum atomic E-state index is 0.107. The van der Waals surface area contributed by atoms with Crippen LogP contribution >= 0.6 is 0 Å². The Bertz CT molecular complexity index is 1110. The molecule has 0 atom stereocenters. The molecule has 0 spiro atoms. The molecule has 2 rings (SSSR count). The highest BCUT2D eigenvalue weighted by molar-refractivity contribution is 5.50. The van der Waals surface area contributed by atoms with Crippen molar-refractivity contribution in [2.45, 2.75) is 176 Å². The van der Waals surface area contributed by atoms with Crippen molar-refractivity contribution in [3.63, 3.8) is 0 Å². The third-order valence-electron chi connectivity index (χ3n) is 8.25. The SMILES string of the molecule is CC(C)(C)c1cc(C(C)(C)C)c(CCCc2cc(C(C)(C)C)cc(C(C)(C)C)c2C(C)(C)C)c(C(C)(C)C)c1. The first-order valence-electron chi connectivity index (χ1n) is 15.5. The van der Waals surface area contributed by atoms with E-state index in [2.05, 4.69) is 149 Å². The van der Waals surface area contributed by atoms with Crippen molar-refractivity contribution in [1.82, 2.24) is 0 Å². The van der Waals surface area contributed by atoms with Crippen LogP contribution in [-0.4, -0.2) is 0 Å². The maximum atomic E-state index is 2.55. The van der Waals surface area contributed by atoms with E-state index in [0.717, 1.165) is 12.8 Å². The van der Waals surface area contributed by atoms with Gasteiger partial charge < -0.3 is 0 Å². The van der Waals surface area contributed by atoms with Gasteiger partial charge in [-0.05, 0) is 96.3 Å². The Morgan fingerprint density at radius 1 is 0.385 bits per heavy atom. The molecule has 0 radical (unpaired) electrons. The molecule has 0 heteroatoms. The van der Waals surface area contributed by atoms with Crippen LogP contribution in [0.5, 0.6) is 0 Å². The molecule has 0 aliphatic carbocycles. The van der Waals surface area contributed by atoms with Gasteiger partial charge in [-0.15, -0.1) is 0 Å². The van der Waals surface area contributed by atoms with E-state index >= 15 is 0 Å². The zero-order chi connectivity index (χ0) is 30.6. The van der Waals surface area contributed by atoms with Crippen molar-refractivity contribution in [3.05, 3.63) is 68.8 Å². The molecule has 2 aromatic rings. The molecule has 0 aliphatic rings. The van der Waals surface area contributed by atoms with Gasteiger partial charge in [0.2, 0.25) is 0 Å². The van der Waals surface area contributed by atoms with Crippen LogP contribution in [0.3, 0.4) is 0 Å². The Hall–Kier alpha value is -1.56. The Morgan fingerprint density at radius 2 is 0.744 bits per heavy atom. The van der Waals surface area contributed by atoms with E-state index in [4.69, 9.17) is 0 Å². The molecule has 0 saturated carbocycles. The van der Waals surface area contributed by atoms with Gasteiger partial charge >= 0.3 is 0 Å². The van der Waals surface area contributed by atoms with Crippen LogP contribution in [0.25, 0.3) is 0 Å². The minimum Gasteiger partial charge on any atom is -0.0561 e. The topological polar surface area (TPSA) is 0 Å². The molecule has 2 aromatic carbocycles. The van der Waals surface area contributed by atoms with Gasteiger partial charge in [-0.25, -0.2) is 0 Å². The quantitative estimate of drug-likeness (QED) is 0.367. The fourth-order valence-corrected chi connectivity index (χ4v) is 5.98. The lowest BCUT2D eigenvalue weighted by Gasteiger charge is -2.35. The summed E-state index contributed by atoms with van der Waals surface area (Å²) in [5.74, 6) is 0. The van der Waals surface area contributed by atoms with Gasteiger partial charge in [-0.1, -0.05) is 149 Å². The zero-order valence-electron chi connectivity index (χ0n) is 29.4. The summed E-state index contributed by atoms with van der Waals surface area (Å²) < 4.78 is 0. The molecule has 220 valence electrons. The van der Waals surface area contributed by atoms with Crippen molar-refractivity contribution >= 4 is 0 Å². The highest BCUT2D eigenvalue weighted by atomic mass is 14.4. The third-order valence-corrected chi connectivity index (χ3v) is 8.25. The molecule has 0 fully saturated rings. The molecular weight excluding hydrogens is 468 g/mol. The van der Waals surface area contributed by atoms with E-state index in [1.807, 2.05) is 0 Å². The average molecular weight is 533 g/mol. The first kappa shape index (κ1) is 33.6. The minimum absolute atomic E-state index is 0.107. The predicted molar refractivity (Wildman–Crippen MR) is 177 cm³/mol. The van der Waals surface area contributed by atoms with Crippen molar-refractivity contribution in [1.29, 1.82) is 0 Å². The summed E-state index contributed by atoms with van der Waals surface area (Å²) in [6, 6.07) is 10.1. The molecule has 0 amide bonds. The second-order valence-electron chi connectivity index (χ2n) is 18.5. The maximum Gasteiger partial charge on any atom is -0.0126 e. The molecule has 0 nitrogen and oxygen atoms in total. The van der Waals surface area contributed by atoms with Crippen LogP contribution in [0.1, 0.15) is 176 Å². The summed E-state index contributed by atoms with van der Waals surface area (Å²) >= 11 is 0. The Balaban J connectivity index is 2.71. The van der Waals surface area contributed by atoms with Crippen LogP contribution < -0.4 is 0 Å². The van der Waals surface area contributed by atoms with E-state index in [-0.39, 0.29) is 32.5 Å². The fourth-order valence-electron chi connectivity index (χ4n) is 5.98. The predicted octanol–water partition coefficient (Wildman–Crippen LogP) is 11.6. The summed E-state index contributed by atoms with van der Waals surface area (Å²) in [5, 5.41) is 0. The first-order valence-corrected chi connectivity index (χ1v) is 15.5. The van der Waals surface area contributed by atoms with Crippen LogP contribution in [0.15, 0.2) is 24.3 Å². The molecule has 0 saturated heterocycles. The van der Waals surface area contributed by atoms with Crippen LogP contribution in [0.4, 0.5) is 0 Å². The Morgan fingerprint density at radius 3 is 1.08 bits per heavy atom. The Kier molecular flexibility index (Phi) is 9.22. The van der Waals surface area contributed by atoms with Gasteiger partial charge in [0.15, 0.2) is 0 Å². The summed E-state index contributed by atoms with van der Waals surface area (Å²) in [5.41, 5.74) is 12.9. The maximum absolute atomic E-state index is 2.55. The largest absolute Gasteiger partial charge is 0.0561 e. The lowest BCUT2D eigenvalue weighted by atomic mass is 9.69. The zero-order valence-corrected chi connectivity index (χ0v) is 29.4. The van der Waals surface area contributed by atoms with E-state index in [1.54, 1.807) is 16.7 Å². The summed E-state index contributed by atoms with van der Waals surface area (Å²) in [6.45, 7) is 42.8. The average Bonchev–Trinajstić information content (AvgIpc) is 2.68. The van der Waals surface area contributed by atoms with Crippen LogP contribution in [0.2, 0.25) is 0 Å². The standard InChI is InChI=1S/C39H64/c1-34(2,3)27-22-26(33(39(16,17)18)32(25-27)38(13,14)15)20-19-21-29-30(36(7,8)9)23-28(35(4,5)6)24-31(29)37(10,11)12/h22-25H,19-21H2,1-18H3. The molecule has 39 heavy (non-hydrogen) atoms. The van der Waals surface area contributed by atoms with E-state index in [0.29, 0.717) is 0 Å². The number of benzene rings is 2. The summed E-state index contributed by atoms with van der Waals surface area (Å²) in [6.07, 6.45) is 3.41. The molecular formula is C39H64. The highest BCUT2D eigenvalue weighted by Gasteiger charge is 2.31. The number of hydrogen-bond acceptors (Lipinski definition) is 0. The van der Waals surface area contributed by atoms with Crippen molar-refractivity contribution < 1.29 is 0 Å². The van der Waals surface area contributed by atoms with Crippen molar-refractivity contribution in [2.75, 3.05) is 0 Å². The monoisotopic (exact) mass is 533 g/mol. The van der Waals surface area contributed by atoms with Crippen molar-refractivity contribution in [3.8, 4) is 0 Å². The number of rotatable bonds is 4. The highest BCUT2D eigenvalue weighted by Crippen LogP contribution is 2.42. The second-order valence-corrected chi connectivity index (χ2v) is 18.5. The van der Waals surface area contributed by atoms with E-state index < -0.39 is 0 Å². The normalized spacial score (nSPS) is 14.2. The van der Waals surface area contributed by atoms with Crippen LogP contribution in [-0.2, 0) is 45.3 Å². The molecule has 0 bridgehead atoms. The third kappa shape index (κ3) is 8.24. The van der Waals surface area contributed by atoms with Crippen molar-refractivity contribution in [2.24, 2.45) is 0 Å². The van der Waals surface area contributed by atoms with Crippen LogP contribution in [0, 0.1) is 0 Å². The molecule has 0 aromatic heterocycles. The number of hydrogen-bond donors (Lipinski definition) is 0. The van der Waals surface area contributed by atoms with Gasteiger partial charge in [0.1, 0.15) is 0 Å². The summed E-state index contributed by atoms with van der Waals surface area (Å²) in [4.78, 5) is 0. The first-order chi connectivity index (χ1) is 17.1. The molecule has 0 N–H and O–H groups in total. The lowest BCUT2D eigenvalue weighted by molar-refractivity contribution is 0.514. The van der Waals surface area contributed by atoms with Gasteiger partial charge in [0.25, 0.3) is 0 Å². The Labute approximate surface area is 244 Å². The lowest BCUT2D eigenvalue weighted by Crippen LogP contribution is -2.26. The second kappa shape index (κ2) is 10.7. The fraction of sp³-hybridized carbons (Fsp3) is 0.692. The molecule has 0 heterocycles. The molecule has 0 unspecified atom stereocenters. The molecule has 0 aliphatic heterocycles. The van der Waals surface area contributed by atoms with Gasteiger partial charge in [-0.3, -0.25) is 0 Å². The van der Waals surface area contributed by atoms with Gasteiger partial charge in [0.05, 0.1) is 0 Å². The smallest absolute Gasteiger partial charge is 0.0126 e. The van der Waals surface area contributed by atoms with Gasteiger partial charge in [0, 0.05) is 0 Å². The summed E-state index contributed by atoms with van der Waals surface area (Å²) in [7, 11) is 0.